The normalized spacial score (nSPS) is 15.7. The van der Waals surface area contributed by atoms with Gasteiger partial charge in [-0.15, -0.1) is 0 Å². The summed E-state index contributed by atoms with van der Waals surface area (Å²) in [5, 5.41) is 0. The Labute approximate surface area is 180 Å². The van der Waals surface area contributed by atoms with Crippen LogP contribution in [0.1, 0.15) is 47.9 Å². The Morgan fingerprint density at radius 3 is 2.06 bits per heavy atom. The van der Waals surface area contributed by atoms with Crippen molar-refractivity contribution in [1.82, 2.24) is 0 Å². The van der Waals surface area contributed by atoms with E-state index in [0.29, 0.717) is 24.1 Å². The minimum Gasteiger partial charge on any atom is -0.207 e. The molecule has 0 N–H and O–H groups in total. The molecule has 0 saturated heterocycles. The molecule has 4 rings (SSSR count). The van der Waals surface area contributed by atoms with Crippen LogP contribution in [0.5, 0.6) is 0 Å². The number of rotatable bonds is 4. The van der Waals surface area contributed by atoms with Crippen molar-refractivity contribution in [3.8, 4) is 11.1 Å². The molecule has 1 aliphatic rings. The van der Waals surface area contributed by atoms with Crippen molar-refractivity contribution in [2.24, 2.45) is 0 Å². The fraction of sp³-hybridized carbons (Fsp3) is 0.280. The van der Waals surface area contributed by atoms with Crippen LogP contribution in [0.25, 0.3) is 11.1 Å². The minimum absolute atomic E-state index is 0.0155. The lowest BCUT2D eigenvalue weighted by Crippen LogP contribution is -2.19. The van der Waals surface area contributed by atoms with Crippen molar-refractivity contribution in [3.05, 3.63) is 93.3 Å². The second-order valence-electron chi connectivity index (χ2n) is 8.07. The average Bonchev–Trinajstić information content (AvgIpc) is 2.76. The summed E-state index contributed by atoms with van der Waals surface area (Å²) in [6, 6.07) is 5.68. The van der Waals surface area contributed by atoms with Crippen LogP contribution in [0.15, 0.2) is 30.3 Å². The average molecular weight is 452 g/mol. The predicted molar refractivity (Wildman–Crippen MR) is 107 cm³/mol. The summed E-state index contributed by atoms with van der Waals surface area (Å²) in [7, 11) is 0. The van der Waals surface area contributed by atoms with Gasteiger partial charge in [-0.25, -0.2) is 30.7 Å². The lowest BCUT2D eigenvalue weighted by atomic mass is 9.78. The topological polar surface area (TPSA) is 0 Å². The molecule has 0 aromatic heterocycles. The van der Waals surface area contributed by atoms with E-state index in [4.69, 9.17) is 0 Å². The summed E-state index contributed by atoms with van der Waals surface area (Å²) in [6.45, 7) is 1.97. The summed E-state index contributed by atoms with van der Waals surface area (Å²) in [4.78, 5) is 0. The zero-order chi connectivity index (χ0) is 23.2. The highest BCUT2D eigenvalue weighted by molar-refractivity contribution is 5.67. The Bertz CT molecular complexity index is 1180. The van der Waals surface area contributed by atoms with Crippen molar-refractivity contribution >= 4 is 0 Å². The van der Waals surface area contributed by atoms with Crippen LogP contribution in [0.4, 0.5) is 30.7 Å². The molecule has 0 aliphatic heterocycles. The standard InChI is InChI=1S/C25H19F7/c1-2-3-12-4-6-15(18(26)8-12)13-5-7-16-17(9-13)23(30)25(32)21(22(16)29)14-10-19(27)24(31)20(28)11-14/h4,6,8,10-11,13H,2-3,5,7,9H2,1H3. The second kappa shape index (κ2) is 8.60. The van der Waals surface area contributed by atoms with Crippen LogP contribution in [0, 0.1) is 40.7 Å². The monoisotopic (exact) mass is 452 g/mol. The molecule has 1 aliphatic carbocycles. The third kappa shape index (κ3) is 3.78. The van der Waals surface area contributed by atoms with Gasteiger partial charge in [-0.3, -0.25) is 0 Å². The second-order valence-corrected chi connectivity index (χ2v) is 8.07. The predicted octanol–water partition coefficient (Wildman–Crippen LogP) is 7.55. The van der Waals surface area contributed by atoms with E-state index in [-0.39, 0.29) is 30.4 Å². The summed E-state index contributed by atoms with van der Waals surface area (Å²) in [5.74, 6) is -10.1. The summed E-state index contributed by atoms with van der Waals surface area (Å²) in [5.41, 5.74) is -0.757. The van der Waals surface area contributed by atoms with Gasteiger partial charge >= 0.3 is 0 Å². The van der Waals surface area contributed by atoms with E-state index >= 15 is 4.39 Å². The van der Waals surface area contributed by atoms with Crippen LogP contribution in [0.3, 0.4) is 0 Å². The number of aryl methyl sites for hydroxylation is 1. The van der Waals surface area contributed by atoms with Crippen LogP contribution >= 0.6 is 0 Å². The quantitative estimate of drug-likeness (QED) is 0.218. The molecular formula is C25H19F7. The molecule has 7 heteroatoms. The van der Waals surface area contributed by atoms with Crippen molar-refractivity contribution in [2.45, 2.75) is 44.9 Å². The maximum Gasteiger partial charge on any atom is 0.194 e. The van der Waals surface area contributed by atoms with E-state index in [1.54, 1.807) is 12.1 Å². The lowest BCUT2D eigenvalue weighted by molar-refractivity contribution is 0.444. The van der Waals surface area contributed by atoms with Crippen molar-refractivity contribution in [2.75, 3.05) is 0 Å². The molecule has 1 atom stereocenters. The maximum atomic E-state index is 15.2. The van der Waals surface area contributed by atoms with Gasteiger partial charge in [0.1, 0.15) is 11.6 Å². The van der Waals surface area contributed by atoms with E-state index in [2.05, 4.69) is 0 Å². The molecule has 0 fully saturated rings. The number of hydrogen-bond acceptors (Lipinski definition) is 0. The molecule has 3 aromatic carbocycles. The third-order valence-electron chi connectivity index (χ3n) is 6.04. The van der Waals surface area contributed by atoms with Crippen LogP contribution < -0.4 is 0 Å². The van der Waals surface area contributed by atoms with Crippen LogP contribution in [-0.4, -0.2) is 0 Å². The molecule has 1 unspecified atom stereocenters. The molecule has 0 amide bonds. The van der Waals surface area contributed by atoms with Gasteiger partial charge in [-0.05, 0) is 77.6 Å². The smallest absolute Gasteiger partial charge is 0.194 e. The minimum atomic E-state index is -1.79. The van der Waals surface area contributed by atoms with Gasteiger partial charge in [-0.1, -0.05) is 25.5 Å². The zero-order valence-electron chi connectivity index (χ0n) is 17.1. The Kier molecular flexibility index (Phi) is 6.01. The highest BCUT2D eigenvalue weighted by Gasteiger charge is 2.32. The molecule has 0 heterocycles. The lowest BCUT2D eigenvalue weighted by Gasteiger charge is -2.27. The van der Waals surface area contributed by atoms with Crippen LogP contribution in [-0.2, 0) is 19.3 Å². The molecule has 3 aromatic rings. The summed E-state index contributed by atoms with van der Waals surface area (Å²) in [6.07, 6.45) is 1.71. The van der Waals surface area contributed by atoms with Gasteiger partial charge in [-0.2, -0.15) is 0 Å². The molecule has 0 nitrogen and oxygen atoms in total. The van der Waals surface area contributed by atoms with E-state index < -0.39 is 57.8 Å². The first-order chi connectivity index (χ1) is 15.2. The summed E-state index contributed by atoms with van der Waals surface area (Å²) < 4.78 is 100. The van der Waals surface area contributed by atoms with Crippen molar-refractivity contribution < 1.29 is 30.7 Å². The molecule has 0 radical (unpaired) electrons. The van der Waals surface area contributed by atoms with E-state index in [9.17, 15) is 26.3 Å². The largest absolute Gasteiger partial charge is 0.207 e. The fourth-order valence-electron chi connectivity index (χ4n) is 4.46. The number of fused-ring (bicyclic) bond motifs is 1. The van der Waals surface area contributed by atoms with Gasteiger partial charge in [0, 0.05) is 0 Å². The highest BCUT2D eigenvalue weighted by atomic mass is 19.2. The molecule has 0 bridgehead atoms. The van der Waals surface area contributed by atoms with Crippen LogP contribution in [0.2, 0.25) is 0 Å². The molecule has 168 valence electrons. The molecule has 0 spiro atoms. The Balaban J connectivity index is 1.75. The SMILES string of the molecule is CCCc1ccc(C2CCc3c(F)c(-c4cc(F)c(F)c(F)c4)c(F)c(F)c3C2)c(F)c1. The first-order valence-electron chi connectivity index (χ1n) is 10.3. The Hall–Kier alpha value is -2.83. The Morgan fingerprint density at radius 2 is 1.44 bits per heavy atom. The Morgan fingerprint density at radius 1 is 0.750 bits per heavy atom. The van der Waals surface area contributed by atoms with Crippen molar-refractivity contribution in [1.29, 1.82) is 0 Å². The molecule has 0 saturated carbocycles. The van der Waals surface area contributed by atoms with Crippen molar-refractivity contribution in [3.63, 3.8) is 0 Å². The van der Waals surface area contributed by atoms with E-state index in [1.165, 1.54) is 6.07 Å². The van der Waals surface area contributed by atoms with Gasteiger partial charge in [0.15, 0.2) is 29.1 Å². The van der Waals surface area contributed by atoms with Gasteiger partial charge in [0.05, 0.1) is 5.56 Å². The van der Waals surface area contributed by atoms with Gasteiger partial charge in [0.25, 0.3) is 0 Å². The highest BCUT2D eigenvalue weighted by Crippen LogP contribution is 2.41. The molecule has 32 heavy (non-hydrogen) atoms. The van der Waals surface area contributed by atoms with E-state index in [1.807, 2.05) is 6.92 Å². The maximum absolute atomic E-state index is 15.2. The van der Waals surface area contributed by atoms with E-state index in [0.717, 1.165) is 12.0 Å². The third-order valence-corrected chi connectivity index (χ3v) is 6.04. The first-order valence-corrected chi connectivity index (χ1v) is 10.3. The first kappa shape index (κ1) is 22.4. The fourth-order valence-corrected chi connectivity index (χ4v) is 4.46. The molecular weight excluding hydrogens is 433 g/mol. The number of benzene rings is 3. The summed E-state index contributed by atoms with van der Waals surface area (Å²) >= 11 is 0. The van der Waals surface area contributed by atoms with Gasteiger partial charge < -0.3 is 0 Å². The number of halogens is 7. The zero-order valence-corrected chi connectivity index (χ0v) is 17.1. The number of hydrogen-bond donors (Lipinski definition) is 0. The van der Waals surface area contributed by atoms with Gasteiger partial charge in [0.2, 0.25) is 0 Å².